The molecule has 0 spiro atoms. The third-order valence-electron chi connectivity index (χ3n) is 1.80. The second kappa shape index (κ2) is 5.07. The molecule has 0 bridgehead atoms. The first-order chi connectivity index (χ1) is 7.02. The lowest BCUT2D eigenvalue weighted by atomic mass is 10.2. The number of hydrogen-bond donors (Lipinski definition) is 2. The van der Waals surface area contributed by atoms with Crippen LogP contribution >= 0.6 is 12.6 Å². The lowest BCUT2D eigenvalue weighted by Crippen LogP contribution is -2.06. The van der Waals surface area contributed by atoms with Crippen molar-refractivity contribution >= 4 is 18.6 Å². The normalized spacial score (nSPS) is 10.4. The van der Waals surface area contributed by atoms with E-state index in [-0.39, 0.29) is 5.56 Å². The highest BCUT2D eigenvalue weighted by Crippen LogP contribution is 2.26. The molecule has 0 amide bonds. The number of ether oxygens (including phenoxy) is 1. The summed E-state index contributed by atoms with van der Waals surface area (Å²) in [5.41, 5.74) is 0.166. The van der Waals surface area contributed by atoms with Crippen LogP contribution in [0.5, 0.6) is 5.75 Å². The van der Waals surface area contributed by atoms with Crippen LogP contribution in [0.1, 0.15) is 24.2 Å². The Labute approximate surface area is 94.5 Å². The summed E-state index contributed by atoms with van der Waals surface area (Å²) in [4.78, 5) is 11.2. The Balaban J connectivity index is 2.89. The van der Waals surface area contributed by atoms with Crippen LogP contribution in [0.4, 0.5) is 0 Å². The molecule has 0 saturated heterocycles. The average Bonchev–Trinajstić information content (AvgIpc) is 2.15. The Hall–Kier alpha value is -1.16. The van der Waals surface area contributed by atoms with Crippen molar-refractivity contribution in [2.75, 3.05) is 6.61 Å². The van der Waals surface area contributed by atoms with Crippen LogP contribution in [-0.4, -0.2) is 17.7 Å². The van der Waals surface area contributed by atoms with Gasteiger partial charge in [0, 0.05) is 0 Å². The number of rotatable bonds is 4. The fraction of sp³-hybridized carbons (Fsp3) is 0.364. The second-order valence-corrected chi connectivity index (χ2v) is 4.11. The summed E-state index contributed by atoms with van der Waals surface area (Å²) in [6, 6.07) is 4.88. The molecule has 1 rings (SSSR count). The standard InChI is InChI=1S/C11H14O3S/c1-7(2)6-14-9-5-3-4-8(10(9)15)11(12)13/h3-5,7,15H,6H2,1-2H3,(H,12,13). The Kier molecular flexibility index (Phi) is 4.03. The van der Waals surface area contributed by atoms with Crippen LogP contribution < -0.4 is 4.74 Å². The first-order valence-electron chi connectivity index (χ1n) is 4.70. The van der Waals surface area contributed by atoms with E-state index in [0.29, 0.717) is 23.2 Å². The minimum Gasteiger partial charge on any atom is -0.492 e. The van der Waals surface area contributed by atoms with Gasteiger partial charge in [-0.25, -0.2) is 4.79 Å². The Morgan fingerprint density at radius 1 is 1.53 bits per heavy atom. The molecule has 1 aromatic rings. The van der Waals surface area contributed by atoms with Crippen LogP contribution in [0, 0.1) is 5.92 Å². The van der Waals surface area contributed by atoms with Crippen molar-refractivity contribution in [2.24, 2.45) is 5.92 Å². The molecule has 0 heterocycles. The van der Waals surface area contributed by atoms with Crippen LogP contribution in [0.15, 0.2) is 23.1 Å². The highest BCUT2D eigenvalue weighted by molar-refractivity contribution is 7.80. The van der Waals surface area contributed by atoms with Gasteiger partial charge in [-0.1, -0.05) is 19.9 Å². The van der Waals surface area contributed by atoms with Crippen molar-refractivity contribution in [1.29, 1.82) is 0 Å². The Morgan fingerprint density at radius 3 is 2.73 bits per heavy atom. The molecule has 0 aromatic heterocycles. The molecule has 1 aromatic carbocycles. The summed E-state index contributed by atoms with van der Waals surface area (Å²) in [5.74, 6) is -0.0758. The Morgan fingerprint density at radius 2 is 2.20 bits per heavy atom. The highest BCUT2D eigenvalue weighted by Gasteiger charge is 2.11. The Bertz CT molecular complexity index is 361. The molecule has 0 aliphatic heterocycles. The second-order valence-electron chi connectivity index (χ2n) is 3.66. The lowest BCUT2D eigenvalue weighted by Gasteiger charge is -2.11. The van der Waals surface area contributed by atoms with Crippen LogP contribution in [0.3, 0.4) is 0 Å². The van der Waals surface area contributed by atoms with Gasteiger partial charge in [-0.3, -0.25) is 0 Å². The van der Waals surface area contributed by atoms with Crippen LogP contribution in [-0.2, 0) is 0 Å². The summed E-state index contributed by atoms with van der Waals surface area (Å²) in [6.45, 7) is 4.61. The number of carbonyl (C=O) groups is 1. The summed E-state index contributed by atoms with van der Waals surface area (Å²) in [6.07, 6.45) is 0. The fourth-order valence-electron chi connectivity index (χ4n) is 1.07. The minimum atomic E-state index is -0.991. The molecular weight excluding hydrogens is 212 g/mol. The summed E-state index contributed by atoms with van der Waals surface area (Å²) in [7, 11) is 0. The number of hydrogen-bond acceptors (Lipinski definition) is 3. The van der Waals surface area contributed by atoms with Gasteiger partial charge in [0.1, 0.15) is 5.75 Å². The van der Waals surface area contributed by atoms with E-state index in [1.54, 1.807) is 12.1 Å². The molecule has 0 fully saturated rings. The molecule has 15 heavy (non-hydrogen) atoms. The topological polar surface area (TPSA) is 46.5 Å². The monoisotopic (exact) mass is 226 g/mol. The molecule has 82 valence electrons. The maximum atomic E-state index is 10.8. The number of carboxylic acids is 1. The molecule has 3 nitrogen and oxygen atoms in total. The van der Waals surface area contributed by atoms with E-state index < -0.39 is 5.97 Å². The zero-order valence-corrected chi connectivity index (χ0v) is 9.62. The SMILES string of the molecule is CC(C)COc1cccc(C(=O)O)c1S. The van der Waals surface area contributed by atoms with Crippen molar-refractivity contribution in [3.63, 3.8) is 0 Å². The average molecular weight is 226 g/mol. The first kappa shape index (κ1) is 11.9. The third kappa shape index (κ3) is 3.16. The van der Waals surface area contributed by atoms with E-state index in [2.05, 4.69) is 12.6 Å². The minimum absolute atomic E-state index is 0.166. The van der Waals surface area contributed by atoms with Gasteiger partial charge in [0.2, 0.25) is 0 Å². The summed E-state index contributed by atoms with van der Waals surface area (Å²) in [5, 5.41) is 8.86. The van der Waals surface area contributed by atoms with E-state index in [1.807, 2.05) is 13.8 Å². The van der Waals surface area contributed by atoms with Crippen molar-refractivity contribution < 1.29 is 14.6 Å². The van der Waals surface area contributed by atoms with Gasteiger partial charge in [-0.2, -0.15) is 0 Å². The van der Waals surface area contributed by atoms with Crippen LogP contribution in [0.2, 0.25) is 0 Å². The molecular formula is C11H14O3S. The maximum absolute atomic E-state index is 10.8. The quantitative estimate of drug-likeness (QED) is 0.776. The number of thiol groups is 1. The number of benzene rings is 1. The largest absolute Gasteiger partial charge is 0.492 e. The highest BCUT2D eigenvalue weighted by atomic mass is 32.1. The number of carboxylic acid groups (broad SMARTS) is 1. The van der Waals surface area contributed by atoms with Crippen molar-refractivity contribution in [2.45, 2.75) is 18.7 Å². The zero-order chi connectivity index (χ0) is 11.4. The van der Waals surface area contributed by atoms with Crippen molar-refractivity contribution in [1.82, 2.24) is 0 Å². The fourth-order valence-corrected chi connectivity index (χ4v) is 1.38. The predicted octanol–water partition coefficient (Wildman–Crippen LogP) is 2.71. The zero-order valence-electron chi connectivity index (χ0n) is 8.73. The van der Waals surface area contributed by atoms with E-state index in [4.69, 9.17) is 9.84 Å². The molecule has 0 aliphatic carbocycles. The lowest BCUT2D eigenvalue weighted by molar-refractivity contribution is 0.0692. The maximum Gasteiger partial charge on any atom is 0.336 e. The third-order valence-corrected chi connectivity index (χ3v) is 2.26. The molecule has 0 radical (unpaired) electrons. The van der Waals surface area contributed by atoms with Gasteiger partial charge in [0.15, 0.2) is 0 Å². The van der Waals surface area contributed by atoms with E-state index >= 15 is 0 Å². The van der Waals surface area contributed by atoms with Gasteiger partial charge in [0.05, 0.1) is 17.1 Å². The van der Waals surface area contributed by atoms with Crippen molar-refractivity contribution in [3.8, 4) is 5.75 Å². The van der Waals surface area contributed by atoms with Gasteiger partial charge in [-0.15, -0.1) is 12.6 Å². The molecule has 0 unspecified atom stereocenters. The van der Waals surface area contributed by atoms with Gasteiger partial charge in [-0.05, 0) is 18.1 Å². The molecule has 0 saturated carbocycles. The van der Waals surface area contributed by atoms with E-state index in [1.165, 1.54) is 6.07 Å². The summed E-state index contributed by atoms with van der Waals surface area (Å²) < 4.78 is 5.45. The molecule has 4 heteroatoms. The van der Waals surface area contributed by atoms with E-state index in [9.17, 15) is 4.79 Å². The predicted molar refractivity (Wildman–Crippen MR) is 61.0 cm³/mol. The molecule has 1 N–H and O–H groups in total. The smallest absolute Gasteiger partial charge is 0.336 e. The molecule has 0 aliphatic rings. The first-order valence-corrected chi connectivity index (χ1v) is 5.15. The van der Waals surface area contributed by atoms with Gasteiger partial charge in [0.25, 0.3) is 0 Å². The summed E-state index contributed by atoms with van der Waals surface area (Å²) >= 11 is 4.15. The number of aromatic carboxylic acids is 1. The molecule has 0 atom stereocenters. The van der Waals surface area contributed by atoms with Gasteiger partial charge < -0.3 is 9.84 Å². The van der Waals surface area contributed by atoms with Crippen LogP contribution in [0.25, 0.3) is 0 Å². The van der Waals surface area contributed by atoms with E-state index in [0.717, 1.165) is 0 Å². The van der Waals surface area contributed by atoms with Crippen molar-refractivity contribution in [3.05, 3.63) is 23.8 Å². The van der Waals surface area contributed by atoms with Gasteiger partial charge >= 0.3 is 5.97 Å².